The second-order valence-corrected chi connectivity index (χ2v) is 4.64. The summed E-state index contributed by atoms with van der Waals surface area (Å²) >= 11 is 0. The Morgan fingerprint density at radius 2 is 1.81 bits per heavy atom. The lowest BCUT2D eigenvalue weighted by molar-refractivity contribution is 0.187. The summed E-state index contributed by atoms with van der Waals surface area (Å²) in [6.07, 6.45) is 0.742. The van der Waals surface area contributed by atoms with Gasteiger partial charge in [0, 0.05) is 17.5 Å². The van der Waals surface area contributed by atoms with Crippen LogP contribution in [0.3, 0.4) is 0 Å². The smallest absolute Gasteiger partial charge is 0.423 e. The van der Waals surface area contributed by atoms with Gasteiger partial charge in [-0.3, -0.25) is 4.99 Å². The van der Waals surface area contributed by atoms with Crippen molar-refractivity contribution in [3.63, 3.8) is 0 Å². The van der Waals surface area contributed by atoms with E-state index in [1.165, 1.54) is 6.21 Å². The van der Waals surface area contributed by atoms with E-state index in [0.29, 0.717) is 11.3 Å². The molecule has 0 aliphatic rings. The van der Waals surface area contributed by atoms with Crippen molar-refractivity contribution >= 4 is 24.5 Å². The number of hydrogen-bond donors (Lipinski definition) is 4. The number of nitrogens with two attached hydrogens (primary N) is 1. The molecule has 0 saturated heterocycles. The molecule has 0 bridgehead atoms. The molecule has 0 amide bonds. The van der Waals surface area contributed by atoms with Crippen LogP contribution < -0.4 is 11.2 Å². The number of nitrogens with zero attached hydrogens (tertiary/aromatic N) is 1. The molecule has 0 unspecified atom stereocenters. The molecule has 0 aromatic heterocycles. The molecular formula is C15H17BN2O3. The van der Waals surface area contributed by atoms with Crippen molar-refractivity contribution in [3.05, 3.63) is 59.7 Å². The Balaban J connectivity index is 2.12. The summed E-state index contributed by atoms with van der Waals surface area (Å²) in [5.41, 5.74) is 7.73. The van der Waals surface area contributed by atoms with Crippen molar-refractivity contribution < 1.29 is 15.2 Å². The van der Waals surface area contributed by atoms with Gasteiger partial charge in [-0.2, -0.15) is 0 Å². The highest BCUT2D eigenvalue weighted by atomic mass is 16.4. The van der Waals surface area contributed by atoms with E-state index in [1.807, 2.05) is 30.3 Å². The fourth-order valence-electron chi connectivity index (χ4n) is 2.00. The zero-order valence-corrected chi connectivity index (χ0v) is 11.4. The van der Waals surface area contributed by atoms with Gasteiger partial charge in [0.2, 0.25) is 0 Å². The van der Waals surface area contributed by atoms with Crippen LogP contribution in [0.15, 0.2) is 53.5 Å². The molecule has 0 aliphatic heterocycles. The van der Waals surface area contributed by atoms with Gasteiger partial charge in [-0.25, -0.2) is 0 Å². The van der Waals surface area contributed by atoms with Crippen LogP contribution in [0.4, 0.5) is 5.69 Å². The lowest BCUT2D eigenvalue weighted by Crippen LogP contribution is -2.33. The molecule has 0 radical (unpaired) electrons. The number of aliphatic hydroxyl groups excluding tert-OH is 1. The lowest BCUT2D eigenvalue weighted by atomic mass is 9.77. The van der Waals surface area contributed by atoms with Gasteiger partial charge in [-0.1, -0.05) is 42.5 Å². The summed E-state index contributed by atoms with van der Waals surface area (Å²) in [4.78, 5) is 4.14. The summed E-state index contributed by atoms with van der Waals surface area (Å²) < 4.78 is 0. The van der Waals surface area contributed by atoms with Gasteiger partial charge < -0.3 is 20.9 Å². The van der Waals surface area contributed by atoms with Crippen molar-refractivity contribution in [1.29, 1.82) is 0 Å². The van der Waals surface area contributed by atoms with Crippen LogP contribution in [0.2, 0.25) is 0 Å². The van der Waals surface area contributed by atoms with Gasteiger partial charge in [-0.15, -0.1) is 0 Å². The van der Waals surface area contributed by atoms with E-state index in [2.05, 4.69) is 4.99 Å². The minimum absolute atomic E-state index is 0.166. The number of nitrogen functional groups attached to an aromatic ring is 1. The van der Waals surface area contributed by atoms with Crippen LogP contribution in [-0.4, -0.2) is 35.0 Å². The molecule has 108 valence electrons. The molecule has 0 fully saturated rings. The number of anilines is 1. The van der Waals surface area contributed by atoms with E-state index in [-0.39, 0.29) is 12.0 Å². The largest absolute Gasteiger partial charge is 0.489 e. The predicted molar refractivity (Wildman–Crippen MR) is 84.5 cm³/mol. The molecular weight excluding hydrogens is 267 g/mol. The number of benzene rings is 2. The number of aliphatic hydroxyl groups is 1. The molecule has 2 aromatic rings. The molecule has 0 heterocycles. The lowest BCUT2D eigenvalue weighted by Gasteiger charge is -2.09. The highest BCUT2D eigenvalue weighted by molar-refractivity contribution is 6.60. The maximum atomic E-state index is 10.0. The maximum absolute atomic E-state index is 10.0. The average molecular weight is 284 g/mol. The summed E-state index contributed by atoms with van der Waals surface area (Å²) in [6.45, 7) is 0.166. The van der Waals surface area contributed by atoms with Crippen LogP contribution >= 0.6 is 0 Å². The Kier molecular flexibility index (Phi) is 5.11. The third-order valence-corrected chi connectivity index (χ3v) is 3.13. The first-order chi connectivity index (χ1) is 10.1. The highest BCUT2D eigenvalue weighted by Crippen LogP contribution is 2.12. The first kappa shape index (κ1) is 15.2. The van der Waals surface area contributed by atoms with Crippen molar-refractivity contribution in [2.24, 2.45) is 4.99 Å². The van der Waals surface area contributed by atoms with Crippen LogP contribution in [0.1, 0.15) is 17.2 Å². The van der Waals surface area contributed by atoms with Gasteiger partial charge in [0.1, 0.15) is 0 Å². The van der Waals surface area contributed by atoms with Crippen molar-refractivity contribution in [2.75, 3.05) is 12.3 Å². The molecule has 0 saturated carbocycles. The van der Waals surface area contributed by atoms with Crippen molar-refractivity contribution in [2.45, 2.75) is 6.10 Å². The van der Waals surface area contributed by atoms with E-state index in [4.69, 9.17) is 5.73 Å². The van der Waals surface area contributed by atoms with E-state index in [9.17, 15) is 15.2 Å². The summed E-state index contributed by atoms with van der Waals surface area (Å²) in [7, 11) is -1.62. The molecule has 5 N–H and O–H groups in total. The molecule has 0 aliphatic carbocycles. The van der Waals surface area contributed by atoms with Gasteiger partial charge in [0.25, 0.3) is 0 Å². The second-order valence-electron chi connectivity index (χ2n) is 4.64. The third-order valence-electron chi connectivity index (χ3n) is 3.13. The second kappa shape index (κ2) is 7.03. The first-order valence-electron chi connectivity index (χ1n) is 6.57. The van der Waals surface area contributed by atoms with Gasteiger partial charge in [0.15, 0.2) is 0 Å². The minimum Gasteiger partial charge on any atom is -0.423 e. The monoisotopic (exact) mass is 284 g/mol. The zero-order chi connectivity index (χ0) is 15.2. The summed E-state index contributed by atoms with van der Waals surface area (Å²) in [5, 5.41) is 28.6. The van der Waals surface area contributed by atoms with Gasteiger partial charge in [0.05, 0.1) is 12.6 Å². The topological polar surface area (TPSA) is 99.1 Å². The predicted octanol–water partition coefficient (Wildman–Crippen LogP) is 0.101. The Morgan fingerprint density at radius 3 is 2.48 bits per heavy atom. The van der Waals surface area contributed by atoms with Crippen molar-refractivity contribution in [3.8, 4) is 0 Å². The van der Waals surface area contributed by atoms with Gasteiger partial charge in [-0.05, 0) is 17.1 Å². The minimum atomic E-state index is -1.62. The quantitative estimate of drug-likeness (QED) is 0.355. The molecule has 21 heavy (non-hydrogen) atoms. The Bertz CT molecular complexity index is 618. The van der Waals surface area contributed by atoms with Gasteiger partial charge >= 0.3 is 7.12 Å². The van der Waals surface area contributed by atoms with E-state index >= 15 is 0 Å². The molecule has 5 nitrogen and oxygen atoms in total. The molecule has 0 spiro atoms. The summed E-state index contributed by atoms with van der Waals surface area (Å²) in [5.74, 6) is 0. The standard InChI is InChI=1S/C15H17BN2O3/c17-14-8-4-7-13(16(20)21)12(14)9-18-10-15(19)11-5-2-1-3-6-11/h1-9,15,19-21H,10,17H2/t15-/m0/s1. The van der Waals surface area contributed by atoms with Crippen LogP contribution in [0, 0.1) is 0 Å². The Labute approximate surface area is 123 Å². The molecule has 2 aromatic carbocycles. The van der Waals surface area contributed by atoms with E-state index < -0.39 is 13.2 Å². The number of rotatable bonds is 5. The fourth-order valence-corrected chi connectivity index (χ4v) is 2.00. The Hall–Kier alpha value is -2.15. The van der Waals surface area contributed by atoms with Crippen LogP contribution in [0.25, 0.3) is 0 Å². The van der Waals surface area contributed by atoms with Crippen molar-refractivity contribution in [1.82, 2.24) is 0 Å². The molecule has 2 rings (SSSR count). The maximum Gasteiger partial charge on any atom is 0.489 e. The highest BCUT2D eigenvalue weighted by Gasteiger charge is 2.16. The van der Waals surface area contributed by atoms with Crippen LogP contribution in [-0.2, 0) is 0 Å². The van der Waals surface area contributed by atoms with E-state index in [1.54, 1.807) is 18.2 Å². The molecule has 1 atom stereocenters. The average Bonchev–Trinajstić information content (AvgIpc) is 2.49. The fraction of sp³-hybridized carbons (Fsp3) is 0.133. The molecule has 6 heteroatoms. The zero-order valence-electron chi connectivity index (χ0n) is 11.4. The van der Waals surface area contributed by atoms with E-state index in [0.717, 1.165) is 5.56 Å². The normalized spacial score (nSPS) is 12.5. The SMILES string of the molecule is Nc1cccc(B(O)O)c1C=NC[C@H](O)c1ccccc1. The number of hydrogen-bond acceptors (Lipinski definition) is 5. The number of aliphatic imine (C=N–C) groups is 1. The van der Waals surface area contributed by atoms with Crippen LogP contribution in [0.5, 0.6) is 0 Å². The Morgan fingerprint density at radius 1 is 1.10 bits per heavy atom. The summed E-state index contributed by atoms with van der Waals surface area (Å²) in [6, 6.07) is 14.1. The third kappa shape index (κ3) is 3.92. The first-order valence-corrected chi connectivity index (χ1v) is 6.57.